The minimum absolute atomic E-state index is 0.352. The van der Waals surface area contributed by atoms with Crippen LogP contribution in [0, 0.1) is 13.8 Å². The van der Waals surface area contributed by atoms with E-state index in [2.05, 4.69) is 60.6 Å². The predicted octanol–water partition coefficient (Wildman–Crippen LogP) is 3.93. The van der Waals surface area contributed by atoms with E-state index in [9.17, 15) is 4.79 Å². The van der Waals surface area contributed by atoms with Crippen molar-refractivity contribution in [3.05, 3.63) is 82.2 Å². The molecule has 0 saturated heterocycles. The number of carbonyl (C=O) groups is 1. The van der Waals surface area contributed by atoms with Gasteiger partial charge in [0, 0.05) is 0 Å². The quantitative estimate of drug-likeness (QED) is 0.670. The van der Waals surface area contributed by atoms with Crippen LogP contribution in [0.2, 0.25) is 0 Å². The Morgan fingerprint density at radius 2 is 1.54 bits per heavy atom. The van der Waals surface area contributed by atoms with E-state index in [-0.39, 0.29) is 0 Å². The van der Waals surface area contributed by atoms with Crippen LogP contribution in [0.1, 0.15) is 38.4 Å². The minimum atomic E-state index is 0.352. The van der Waals surface area contributed by atoms with Crippen molar-refractivity contribution in [1.82, 2.24) is 15.0 Å². The van der Waals surface area contributed by atoms with E-state index in [1.165, 1.54) is 11.1 Å². The third-order valence-corrected chi connectivity index (χ3v) is 3.88. The number of hydrogen-bond donors (Lipinski definition) is 0. The Hall–Kier alpha value is -3.01. The second-order valence-corrected chi connectivity index (χ2v) is 5.87. The summed E-state index contributed by atoms with van der Waals surface area (Å²) in [6, 6.07) is 16.4. The van der Waals surface area contributed by atoms with Crippen molar-refractivity contribution < 1.29 is 4.79 Å². The summed E-state index contributed by atoms with van der Waals surface area (Å²) in [4.78, 5) is 11.2. The summed E-state index contributed by atoms with van der Waals surface area (Å²) in [6.45, 7) is 4.69. The molecule has 0 bridgehead atoms. The van der Waals surface area contributed by atoms with E-state index in [0.29, 0.717) is 17.9 Å². The zero-order valence-electron chi connectivity index (χ0n) is 13.8. The van der Waals surface area contributed by atoms with E-state index in [1.54, 1.807) is 4.68 Å². The zero-order chi connectivity index (χ0) is 16.9. The number of nitrogens with zero attached hydrogens (tertiary/aromatic N) is 3. The number of aryl methyl sites for hydroxylation is 2. The monoisotopic (exact) mass is 317 g/mol. The summed E-state index contributed by atoms with van der Waals surface area (Å²) < 4.78 is 1.75. The maximum atomic E-state index is 11.2. The molecule has 4 nitrogen and oxygen atoms in total. The molecule has 0 N–H and O–H groups in total. The molecule has 120 valence electrons. The molecule has 0 aliphatic carbocycles. The van der Waals surface area contributed by atoms with Crippen molar-refractivity contribution >= 4 is 18.4 Å². The van der Waals surface area contributed by atoms with Gasteiger partial charge in [-0.15, -0.1) is 5.10 Å². The van der Waals surface area contributed by atoms with Gasteiger partial charge in [0.15, 0.2) is 12.0 Å². The van der Waals surface area contributed by atoms with Crippen molar-refractivity contribution in [2.45, 2.75) is 20.4 Å². The fourth-order valence-electron chi connectivity index (χ4n) is 2.43. The Balaban J connectivity index is 1.88. The Labute approximate surface area is 141 Å². The fourth-order valence-corrected chi connectivity index (χ4v) is 2.43. The van der Waals surface area contributed by atoms with Gasteiger partial charge in [-0.05, 0) is 31.1 Å². The number of hydrogen-bond acceptors (Lipinski definition) is 3. The van der Waals surface area contributed by atoms with Crippen molar-refractivity contribution in [3.63, 3.8) is 0 Å². The highest BCUT2D eigenvalue weighted by Crippen LogP contribution is 2.13. The summed E-state index contributed by atoms with van der Waals surface area (Å²) in [5.41, 5.74) is 5.68. The molecule has 2 aromatic carbocycles. The smallest absolute Gasteiger partial charge is 0.172 e. The minimum Gasteiger partial charge on any atom is -0.296 e. The second-order valence-electron chi connectivity index (χ2n) is 5.87. The Morgan fingerprint density at radius 1 is 0.917 bits per heavy atom. The molecule has 0 spiro atoms. The van der Waals surface area contributed by atoms with Crippen molar-refractivity contribution in [3.8, 4) is 0 Å². The van der Waals surface area contributed by atoms with E-state index in [4.69, 9.17) is 0 Å². The third-order valence-electron chi connectivity index (χ3n) is 3.88. The Kier molecular flexibility index (Phi) is 4.66. The summed E-state index contributed by atoms with van der Waals surface area (Å²) in [6.07, 6.45) is 4.60. The lowest BCUT2D eigenvalue weighted by Crippen LogP contribution is -2.04. The Morgan fingerprint density at radius 3 is 2.17 bits per heavy atom. The topological polar surface area (TPSA) is 47.8 Å². The highest BCUT2D eigenvalue weighted by atomic mass is 16.1. The molecule has 4 heteroatoms. The average Bonchev–Trinajstić information content (AvgIpc) is 2.98. The van der Waals surface area contributed by atoms with Crippen molar-refractivity contribution in [1.29, 1.82) is 0 Å². The van der Waals surface area contributed by atoms with Gasteiger partial charge < -0.3 is 0 Å². The lowest BCUT2D eigenvalue weighted by atomic mass is 10.1. The van der Waals surface area contributed by atoms with E-state index >= 15 is 0 Å². The van der Waals surface area contributed by atoms with Crippen LogP contribution in [-0.2, 0) is 6.54 Å². The molecule has 0 fully saturated rings. The number of benzene rings is 2. The predicted molar refractivity (Wildman–Crippen MR) is 95.8 cm³/mol. The van der Waals surface area contributed by atoms with Crippen LogP contribution in [0.3, 0.4) is 0 Å². The first kappa shape index (κ1) is 15.9. The SMILES string of the molecule is Cc1ccc(/C=C/c2c(C=O)nnn2Cc2ccc(C)cc2)cc1. The Bertz CT molecular complexity index is 859. The first-order valence-corrected chi connectivity index (χ1v) is 7.84. The van der Waals surface area contributed by atoms with Gasteiger partial charge in [0.1, 0.15) is 0 Å². The highest BCUT2D eigenvalue weighted by molar-refractivity contribution is 5.81. The molecule has 0 aliphatic heterocycles. The number of rotatable bonds is 5. The van der Waals surface area contributed by atoms with Crippen LogP contribution in [0.4, 0.5) is 0 Å². The molecule has 3 aromatic rings. The van der Waals surface area contributed by atoms with Gasteiger partial charge in [0.25, 0.3) is 0 Å². The second kappa shape index (κ2) is 7.04. The molecule has 1 aromatic heterocycles. The van der Waals surface area contributed by atoms with Gasteiger partial charge in [-0.3, -0.25) is 4.79 Å². The van der Waals surface area contributed by atoms with E-state index in [1.807, 2.05) is 24.3 Å². The molecule has 0 amide bonds. The third kappa shape index (κ3) is 3.66. The fraction of sp³-hybridized carbons (Fsp3) is 0.150. The van der Waals surface area contributed by atoms with Gasteiger partial charge >= 0.3 is 0 Å². The van der Waals surface area contributed by atoms with Crippen LogP contribution in [-0.4, -0.2) is 21.3 Å². The lowest BCUT2D eigenvalue weighted by Gasteiger charge is -2.05. The molecule has 0 radical (unpaired) electrons. The number of aldehydes is 1. The van der Waals surface area contributed by atoms with E-state index in [0.717, 1.165) is 17.4 Å². The molecule has 0 unspecified atom stereocenters. The van der Waals surface area contributed by atoms with Gasteiger partial charge in [0.2, 0.25) is 0 Å². The molecule has 0 atom stereocenters. The van der Waals surface area contributed by atoms with Gasteiger partial charge in [-0.1, -0.05) is 70.9 Å². The normalized spacial score (nSPS) is 11.1. The molecule has 1 heterocycles. The van der Waals surface area contributed by atoms with Crippen LogP contribution < -0.4 is 0 Å². The van der Waals surface area contributed by atoms with Crippen molar-refractivity contribution in [2.24, 2.45) is 0 Å². The molecule has 0 saturated carbocycles. The number of carbonyl (C=O) groups excluding carboxylic acids is 1. The van der Waals surface area contributed by atoms with Crippen LogP contribution in [0.5, 0.6) is 0 Å². The first-order valence-electron chi connectivity index (χ1n) is 7.84. The molecule has 24 heavy (non-hydrogen) atoms. The zero-order valence-corrected chi connectivity index (χ0v) is 13.8. The maximum Gasteiger partial charge on any atom is 0.172 e. The largest absolute Gasteiger partial charge is 0.296 e. The first-order chi connectivity index (χ1) is 11.7. The average molecular weight is 317 g/mol. The standard InChI is InChI=1S/C20H19N3O/c1-15-3-7-17(8-4-15)11-12-20-19(14-24)21-22-23(20)13-18-9-5-16(2)6-10-18/h3-12,14H,13H2,1-2H3/b12-11+. The molecular formula is C20H19N3O. The number of aromatic nitrogens is 3. The summed E-state index contributed by atoms with van der Waals surface area (Å²) in [7, 11) is 0. The van der Waals surface area contributed by atoms with Gasteiger partial charge in [-0.2, -0.15) is 0 Å². The maximum absolute atomic E-state index is 11.2. The molecule has 0 aliphatic rings. The summed E-state index contributed by atoms with van der Waals surface area (Å²) >= 11 is 0. The lowest BCUT2D eigenvalue weighted by molar-refractivity contribution is 0.111. The van der Waals surface area contributed by atoms with Crippen LogP contribution in [0.15, 0.2) is 48.5 Å². The molecule has 3 rings (SSSR count). The van der Waals surface area contributed by atoms with Gasteiger partial charge in [-0.25, -0.2) is 4.68 Å². The summed E-state index contributed by atoms with van der Waals surface area (Å²) in [5, 5.41) is 8.08. The summed E-state index contributed by atoms with van der Waals surface area (Å²) in [5.74, 6) is 0. The van der Waals surface area contributed by atoms with Gasteiger partial charge in [0.05, 0.1) is 12.2 Å². The highest BCUT2D eigenvalue weighted by Gasteiger charge is 2.10. The van der Waals surface area contributed by atoms with Crippen LogP contribution in [0.25, 0.3) is 12.2 Å². The van der Waals surface area contributed by atoms with E-state index < -0.39 is 0 Å². The molecular weight excluding hydrogens is 298 g/mol. The van der Waals surface area contributed by atoms with Crippen LogP contribution >= 0.6 is 0 Å². The van der Waals surface area contributed by atoms with Crippen molar-refractivity contribution in [2.75, 3.05) is 0 Å².